The fourth-order valence-electron chi connectivity index (χ4n) is 1.16. The van der Waals surface area contributed by atoms with Gasteiger partial charge in [0.05, 0.1) is 6.54 Å². The van der Waals surface area contributed by atoms with Crippen LogP contribution in [-0.4, -0.2) is 29.9 Å². The average Bonchev–Trinajstić information content (AvgIpc) is 2.29. The predicted molar refractivity (Wildman–Crippen MR) is 65.6 cm³/mol. The third kappa shape index (κ3) is 5.16. The zero-order valence-electron chi connectivity index (χ0n) is 8.98. The first-order valence-corrected chi connectivity index (χ1v) is 6.05. The number of carbonyl (C=O) groups is 1. The Balaban J connectivity index is 2.19. The molecule has 0 spiro atoms. The van der Waals surface area contributed by atoms with Crippen LogP contribution in [0.4, 0.5) is 0 Å². The van der Waals surface area contributed by atoms with Gasteiger partial charge in [-0.1, -0.05) is 12.1 Å². The molecule has 16 heavy (non-hydrogen) atoms. The smallest absolute Gasteiger partial charge is 0.317 e. The first kappa shape index (κ1) is 13.0. The van der Waals surface area contributed by atoms with Gasteiger partial charge in [-0.2, -0.15) is 0 Å². The van der Waals surface area contributed by atoms with Crippen molar-refractivity contribution in [3.63, 3.8) is 0 Å². The zero-order chi connectivity index (χ0) is 11.8. The lowest BCUT2D eigenvalue weighted by atomic mass is 10.2. The average molecular weight is 240 g/mol. The quantitative estimate of drug-likeness (QED) is 0.488. The van der Waals surface area contributed by atoms with Crippen LogP contribution in [0.15, 0.2) is 29.2 Å². The summed E-state index contributed by atoms with van der Waals surface area (Å²) in [7, 11) is 0. The molecule has 0 atom stereocenters. The minimum absolute atomic E-state index is 0.0205. The Kier molecular flexibility index (Phi) is 5.92. The first-order chi connectivity index (χ1) is 7.72. The molecule has 0 aliphatic heterocycles. The summed E-state index contributed by atoms with van der Waals surface area (Å²) in [5, 5.41) is 11.2. The molecule has 0 aliphatic carbocycles. The van der Waals surface area contributed by atoms with Crippen molar-refractivity contribution in [2.75, 3.05) is 18.8 Å². The van der Waals surface area contributed by atoms with Crippen molar-refractivity contribution < 1.29 is 9.90 Å². The van der Waals surface area contributed by atoms with Gasteiger partial charge in [0.15, 0.2) is 0 Å². The van der Waals surface area contributed by atoms with E-state index in [2.05, 4.69) is 5.32 Å². The van der Waals surface area contributed by atoms with Crippen molar-refractivity contribution in [2.45, 2.75) is 11.4 Å². The zero-order valence-corrected chi connectivity index (χ0v) is 9.80. The number of carboxylic acid groups (broad SMARTS) is 1. The maximum Gasteiger partial charge on any atom is 0.317 e. The van der Waals surface area contributed by atoms with Crippen molar-refractivity contribution in [3.05, 3.63) is 29.8 Å². The number of thioether (sulfide) groups is 1. The van der Waals surface area contributed by atoms with Crippen LogP contribution in [0.1, 0.15) is 5.56 Å². The fraction of sp³-hybridized carbons (Fsp3) is 0.364. The van der Waals surface area contributed by atoms with Crippen LogP contribution >= 0.6 is 11.8 Å². The Morgan fingerprint density at radius 2 is 2.06 bits per heavy atom. The number of hydrogen-bond donors (Lipinski definition) is 3. The molecular weight excluding hydrogens is 224 g/mol. The predicted octanol–water partition coefficient (Wildman–Crippen LogP) is 0.912. The van der Waals surface area contributed by atoms with Crippen molar-refractivity contribution in [3.8, 4) is 0 Å². The number of aliphatic carboxylic acids is 1. The number of nitrogens with two attached hydrogens (primary N) is 1. The van der Waals surface area contributed by atoms with Crippen LogP contribution in [0.5, 0.6) is 0 Å². The molecule has 0 radical (unpaired) electrons. The third-order valence-corrected chi connectivity index (χ3v) is 3.00. The molecule has 0 aromatic heterocycles. The van der Waals surface area contributed by atoms with Gasteiger partial charge in [0.2, 0.25) is 0 Å². The summed E-state index contributed by atoms with van der Waals surface area (Å²) < 4.78 is 0. The third-order valence-electron chi connectivity index (χ3n) is 1.98. The lowest BCUT2D eigenvalue weighted by molar-refractivity contribution is -0.135. The lowest BCUT2D eigenvalue weighted by Crippen LogP contribution is -2.24. The van der Waals surface area contributed by atoms with Crippen LogP contribution in [0, 0.1) is 0 Å². The van der Waals surface area contributed by atoms with Crippen LogP contribution in [0.2, 0.25) is 0 Å². The molecule has 0 heterocycles. The number of nitrogens with one attached hydrogen (secondary N) is 1. The molecule has 4 N–H and O–H groups in total. The van der Waals surface area contributed by atoms with E-state index in [0.717, 1.165) is 11.3 Å². The maximum atomic E-state index is 10.2. The maximum absolute atomic E-state index is 10.2. The lowest BCUT2D eigenvalue weighted by Gasteiger charge is -2.03. The molecule has 0 fully saturated rings. The van der Waals surface area contributed by atoms with Crippen molar-refractivity contribution in [2.24, 2.45) is 5.73 Å². The molecule has 0 saturated carbocycles. The van der Waals surface area contributed by atoms with E-state index < -0.39 is 5.97 Å². The first-order valence-electron chi connectivity index (χ1n) is 5.06. The second-order valence-electron chi connectivity index (χ2n) is 3.27. The normalized spacial score (nSPS) is 10.3. The van der Waals surface area contributed by atoms with Gasteiger partial charge in [0.1, 0.15) is 0 Å². The van der Waals surface area contributed by atoms with Gasteiger partial charge in [-0.3, -0.25) is 4.79 Å². The molecule has 0 unspecified atom stereocenters. The molecular formula is C11H16N2O2S. The highest BCUT2D eigenvalue weighted by Gasteiger charge is 1.96. The Morgan fingerprint density at radius 1 is 1.38 bits per heavy atom. The van der Waals surface area contributed by atoms with Crippen LogP contribution in [-0.2, 0) is 11.3 Å². The van der Waals surface area contributed by atoms with Crippen LogP contribution < -0.4 is 11.1 Å². The van der Waals surface area contributed by atoms with Crippen LogP contribution in [0.25, 0.3) is 0 Å². The summed E-state index contributed by atoms with van der Waals surface area (Å²) in [5.41, 5.74) is 6.61. The summed E-state index contributed by atoms with van der Waals surface area (Å²) in [6.45, 7) is 1.27. The highest BCUT2D eigenvalue weighted by molar-refractivity contribution is 7.99. The molecule has 0 amide bonds. The number of hydrogen-bond acceptors (Lipinski definition) is 4. The van der Waals surface area contributed by atoms with E-state index in [-0.39, 0.29) is 6.54 Å². The van der Waals surface area contributed by atoms with Gasteiger partial charge < -0.3 is 16.2 Å². The summed E-state index contributed by atoms with van der Waals surface area (Å²) in [5.74, 6) is 0.0345. The second-order valence-corrected chi connectivity index (χ2v) is 4.44. The summed E-state index contributed by atoms with van der Waals surface area (Å²) in [6, 6.07) is 8.08. The molecule has 1 rings (SSSR count). The molecule has 5 heteroatoms. The summed E-state index contributed by atoms with van der Waals surface area (Å²) in [6.07, 6.45) is 0. The fourth-order valence-corrected chi connectivity index (χ4v) is 1.97. The standard InChI is InChI=1S/C11H16N2O2S/c12-7-9-1-3-10(4-2-9)16-6-5-13-8-11(14)15/h1-4,13H,5-8,12H2,(H,14,15). The summed E-state index contributed by atoms with van der Waals surface area (Å²) >= 11 is 1.70. The van der Waals surface area contributed by atoms with Gasteiger partial charge >= 0.3 is 5.97 Å². The number of rotatable bonds is 7. The van der Waals surface area contributed by atoms with Gasteiger partial charge in [-0.15, -0.1) is 11.8 Å². The van der Waals surface area contributed by atoms with E-state index in [1.807, 2.05) is 24.3 Å². The van der Waals surface area contributed by atoms with Gasteiger partial charge in [0.25, 0.3) is 0 Å². The van der Waals surface area contributed by atoms with E-state index in [4.69, 9.17) is 10.8 Å². The van der Waals surface area contributed by atoms with Gasteiger partial charge in [0, 0.05) is 23.7 Å². The number of carboxylic acids is 1. The molecule has 0 saturated heterocycles. The molecule has 0 aliphatic rings. The van der Waals surface area contributed by atoms with E-state index in [0.29, 0.717) is 13.1 Å². The second kappa shape index (κ2) is 7.27. The van der Waals surface area contributed by atoms with Gasteiger partial charge in [-0.25, -0.2) is 0 Å². The molecule has 1 aromatic rings. The number of benzene rings is 1. The largest absolute Gasteiger partial charge is 0.480 e. The monoisotopic (exact) mass is 240 g/mol. The molecule has 88 valence electrons. The SMILES string of the molecule is NCc1ccc(SCCNCC(=O)O)cc1. The highest BCUT2D eigenvalue weighted by atomic mass is 32.2. The van der Waals surface area contributed by atoms with E-state index in [1.54, 1.807) is 11.8 Å². The van der Waals surface area contributed by atoms with Crippen molar-refractivity contribution in [1.29, 1.82) is 0 Å². The topological polar surface area (TPSA) is 75.3 Å². The highest BCUT2D eigenvalue weighted by Crippen LogP contribution is 2.17. The van der Waals surface area contributed by atoms with Gasteiger partial charge in [-0.05, 0) is 17.7 Å². The Morgan fingerprint density at radius 3 is 2.62 bits per heavy atom. The Bertz CT molecular complexity index is 327. The Labute approximate surface area is 99.2 Å². The van der Waals surface area contributed by atoms with Crippen molar-refractivity contribution in [1.82, 2.24) is 5.32 Å². The van der Waals surface area contributed by atoms with E-state index in [9.17, 15) is 4.79 Å². The minimum atomic E-state index is -0.822. The Hall–Kier alpha value is -1.04. The van der Waals surface area contributed by atoms with E-state index >= 15 is 0 Å². The molecule has 1 aromatic carbocycles. The van der Waals surface area contributed by atoms with Crippen LogP contribution in [0.3, 0.4) is 0 Å². The minimum Gasteiger partial charge on any atom is -0.480 e. The van der Waals surface area contributed by atoms with Crippen molar-refractivity contribution >= 4 is 17.7 Å². The van der Waals surface area contributed by atoms with E-state index in [1.165, 1.54) is 4.90 Å². The summed E-state index contributed by atoms with van der Waals surface area (Å²) in [4.78, 5) is 11.4. The molecule has 4 nitrogen and oxygen atoms in total. The molecule has 0 bridgehead atoms.